The van der Waals surface area contributed by atoms with Crippen LogP contribution in [0, 0.1) is 11.7 Å². The number of nitrogens with two attached hydrogens (primary N) is 1. The van der Waals surface area contributed by atoms with Gasteiger partial charge >= 0.3 is 0 Å². The summed E-state index contributed by atoms with van der Waals surface area (Å²) in [7, 11) is 0. The Bertz CT molecular complexity index is 1170. The zero-order chi connectivity index (χ0) is 25.4. The second-order valence-electron chi connectivity index (χ2n) is 8.66. The smallest absolute Gasteiger partial charge is 0.128 e. The molecule has 1 heterocycles. The Morgan fingerprint density at radius 2 is 1.74 bits per heavy atom. The number of hydrazine groups is 1. The molecule has 1 aliphatic rings. The van der Waals surface area contributed by atoms with E-state index in [4.69, 9.17) is 10.6 Å². The number of rotatable bonds is 8. The van der Waals surface area contributed by atoms with Gasteiger partial charge in [0.25, 0.3) is 0 Å². The van der Waals surface area contributed by atoms with Gasteiger partial charge in [0, 0.05) is 46.5 Å². The summed E-state index contributed by atoms with van der Waals surface area (Å²) >= 11 is 0. The van der Waals surface area contributed by atoms with Crippen LogP contribution in [0.1, 0.15) is 39.2 Å². The molecule has 0 spiro atoms. The second kappa shape index (κ2) is 12.3. The van der Waals surface area contributed by atoms with Crippen molar-refractivity contribution in [3.63, 3.8) is 0 Å². The number of hydrogen-bond acceptors (Lipinski definition) is 5. The molecule has 0 aromatic heterocycles. The molecule has 4 rings (SSSR count). The van der Waals surface area contributed by atoms with Gasteiger partial charge in [-0.3, -0.25) is 5.84 Å². The monoisotopic (exact) mass is 476 g/mol. The maximum absolute atomic E-state index is 14.5. The molecule has 0 saturated carbocycles. The van der Waals surface area contributed by atoms with Crippen molar-refractivity contribution in [1.82, 2.24) is 5.43 Å². The number of piperidine rings is 1. The molecule has 3 aromatic carbocycles. The zero-order valence-electron chi connectivity index (χ0n) is 21.0. The van der Waals surface area contributed by atoms with E-state index < -0.39 is 0 Å². The highest BCUT2D eigenvalue weighted by Crippen LogP contribution is 2.34. The molecular formula is C29H37FN4O. The lowest BCUT2D eigenvalue weighted by Gasteiger charge is -2.32. The Kier molecular flexibility index (Phi) is 9.15. The first kappa shape index (κ1) is 26.1. The summed E-state index contributed by atoms with van der Waals surface area (Å²) in [6.45, 7) is 16.4. The molecule has 1 saturated heterocycles. The summed E-state index contributed by atoms with van der Waals surface area (Å²) in [4.78, 5) is 2.26. The van der Waals surface area contributed by atoms with Crippen LogP contribution in [0.25, 0.3) is 16.5 Å². The van der Waals surface area contributed by atoms with Crippen molar-refractivity contribution in [2.45, 2.75) is 33.6 Å². The largest absolute Gasteiger partial charge is 0.487 e. The molecule has 0 aliphatic carbocycles. The van der Waals surface area contributed by atoms with E-state index in [9.17, 15) is 4.39 Å². The fraction of sp³-hybridized carbons (Fsp3) is 0.310. The molecule has 6 heteroatoms. The standard InChI is InChI=1S/C27H31FN4O.C2H6/c1-18-10-12-32(13-11-18)23-15-21(14-22(28)16-23)20(3)30-26-8-9-27(33-17-19(2)31-29)25-7-5-4-6-24(25)26;1-2/h4-9,14-16,18,30-31H,2-3,10-13,17,29H2,1H3;1-2H3. The van der Waals surface area contributed by atoms with Crippen LogP contribution >= 0.6 is 0 Å². The molecular weight excluding hydrogens is 439 g/mol. The van der Waals surface area contributed by atoms with E-state index in [1.807, 2.05) is 56.3 Å². The van der Waals surface area contributed by atoms with Crippen LogP contribution in [-0.2, 0) is 0 Å². The van der Waals surface area contributed by atoms with E-state index in [0.29, 0.717) is 11.4 Å². The number of nitrogens with one attached hydrogen (secondary N) is 2. The Balaban J connectivity index is 0.00000167. The van der Waals surface area contributed by atoms with Crippen LogP contribution in [-0.4, -0.2) is 19.7 Å². The van der Waals surface area contributed by atoms with Crippen LogP contribution < -0.4 is 26.2 Å². The summed E-state index contributed by atoms with van der Waals surface area (Å²) in [5, 5.41) is 5.31. The van der Waals surface area contributed by atoms with E-state index in [1.165, 1.54) is 6.07 Å². The number of nitrogens with zero attached hydrogens (tertiary/aromatic N) is 1. The molecule has 35 heavy (non-hydrogen) atoms. The maximum Gasteiger partial charge on any atom is 0.128 e. The minimum atomic E-state index is -0.258. The molecule has 0 radical (unpaired) electrons. The van der Waals surface area contributed by atoms with Gasteiger partial charge in [-0.15, -0.1) is 0 Å². The van der Waals surface area contributed by atoms with Gasteiger partial charge in [-0.25, -0.2) is 4.39 Å². The summed E-state index contributed by atoms with van der Waals surface area (Å²) in [6, 6.07) is 16.9. The molecule has 0 unspecified atom stereocenters. The van der Waals surface area contributed by atoms with Crippen molar-refractivity contribution < 1.29 is 9.13 Å². The molecule has 0 atom stereocenters. The van der Waals surface area contributed by atoms with Crippen LogP contribution in [0.2, 0.25) is 0 Å². The highest BCUT2D eigenvalue weighted by Gasteiger charge is 2.18. The van der Waals surface area contributed by atoms with Crippen LogP contribution in [0.5, 0.6) is 5.75 Å². The fourth-order valence-electron chi connectivity index (χ4n) is 4.15. The van der Waals surface area contributed by atoms with Gasteiger partial charge in [-0.05, 0) is 49.1 Å². The average molecular weight is 477 g/mol. The van der Waals surface area contributed by atoms with E-state index in [-0.39, 0.29) is 12.4 Å². The van der Waals surface area contributed by atoms with Gasteiger partial charge in [0.05, 0.1) is 5.70 Å². The number of hydrogen-bond donors (Lipinski definition) is 3. The van der Waals surface area contributed by atoms with E-state index in [2.05, 4.69) is 35.7 Å². The summed E-state index contributed by atoms with van der Waals surface area (Å²) in [5.74, 6) is 6.57. The number of benzene rings is 3. The Labute approximate surface area is 208 Å². The zero-order valence-corrected chi connectivity index (χ0v) is 21.0. The van der Waals surface area contributed by atoms with Gasteiger partial charge < -0.3 is 20.4 Å². The minimum Gasteiger partial charge on any atom is -0.487 e. The quantitative estimate of drug-likeness (QED) is 0.250. The third-order valence-electron chi connectivity index (χ3n) is 6.16. The highest BCUT2D eigenvalue weighted by atomic mass is 19.1. The van der Waals surface area contributed by atoms with Gasteiger partial charge in [0.1, 0.15) is 18.2 Å². The predicted octanol–water partition coefficient (Wildman–Crippen LogP) is 6.68. The Hall–Kier alpha value is -3.51. The third-order valence-corrected chi connectivity index (χ3v) is 6.16. The number of ether oxygens (including phenoxy) is 1. The molecule has 5 nitrogen and oxygen atoms in total. The molecule has 4 N–H and O–H groups in total. The van der Waals surface area contributed by atoms with Crippen molar-refractivity contribution in [3.05, 3.63) is 84.8 Å². The SMILES string of the molecule is C=C(COc1ccc(NC(=C)c2cc(F)cc(N3CCC(C)CC3)c2)c2ccccc12)NN.CC. The number of anilines is 2. The lowest BCUT2D eigenvalue weighted by atomic mass is 9.98. The number of fused-ring (bicyclic) bond motifs is 1. The normalized spacial score (nSPS) is 13.6. The third kappa shape index (κ3) is 6.55. The summed E-state index contributed by atoms with van der Waals surface area (Å²) < 4.78 is 20.4. The van der Waals surface area contributed by atoms with Crippen molar-refractivity contribution in [2.75, 3.05) is 29.9 Å². The average Bonchev–Trinajstić information content (AvgIpc) is 2.89. The molecule has 1 aliphatic heterocycles. The van der Waals surface area contributed by atoms with Gasteiger partial charge in [0.2, 0.25) is 0 Å². The summed E-state index contributed by atoms with van der Waals surface area (Å²) in [6.07, 6.45) is 2.25. The lowest BCUT2D eigenvalue weighted by molar-refractivity contribution is 0.347. The first-order chi connectivity index (χ1) is 16.9. The van der Waals surface area contributed by atoms with E-state index in [0.717, 1.165) is 65.3 Å². The first-order valence-corrected chi connectivity index (χ1v) is 12.3. The number of halogens is 1. The predicted molar refractivity (Wildman–Crippen MR) is 147 cm³/mol. The molecule has 0 bridgehead atoms. The maximum atomic E-state index is 14.5. The second-order valence-corrected chi connectivity index (χ2v) is 8.66. The topological polar surface area (TPSA) is 62.5 Å². The van der Waals surface area contributed by atoms with Crippen LogP contribution in [0.15, 0.2) is 73.5 Å². The molecule has 3 aromatic rings. The Morgan fingerprint density at radius 3 is 2.43 bits per heavy atom. The van der Waals surface area contributed by atoms with Crippen LogP contribution in [0.3, 0.4) is 0 Å². The van der Waals surface area contributed by atoms with E-state index >= 15 is 0 Å². The Morgan fingerprint density at radius 1 is 1.06 bits per heavy atom. The van der Waals surface area contributed by atoms with Gasteiger partial charge in [-0.2, -0.15) is 0 Å². The van der Waals surface area contributed by atoms with Gasteiger partial charge in [0.15, 0.2) is 0 Å². The highest BCUT2D eigenvalue weighted by molar-refractivity contribution is 6.00. The van der Waals surface area contributed by atoms with Crippen molar-refractivity contribution >= 4 is 27.8 Å². The van der Waals surface area contributed by atoms with Crippen LogP contribution in [0.4, 0.5) is 15.8 Å². The fourth-order valence-corrected chi connectivity index (χ4v) is 4.15. The van der Waals surface area contributed by atoms with Crippen molar-refractivity contribution in [1.29, 1.82) is 0 Å². The van der Waals surface area contributed by atoms with E-state index in [1.54, 1.807) is 6.07 Å². The first-order valence-electron chi connectivity index (χ1n) is 12.3. The molecule has 186 valence electrons. The minimum absolute atomic E-state index is 0.258. The van der Waals surface area contributed by atoms with Crippen molar-refractivity contribution in [3.8, 4) is 5.75 Å². The van der Waals surface area contributed by atoms with Crippen molar-refractivity contribution in [2.24, 2.45) is 11.8 Å². The molecule has 0 amide bonds. The lowest BCUT2D eigenvalue weighted by Crippen LogP contribution is -2.32. The summed E-state index contributed by atoms with van der Waals surface area (Å²) in [5.41, 5.74) is 6.23. The van der Waals surface area contributed by atoms with Gasteiger partial charge in [-0.1, -0.05) is 58.2 Å². The molecule has 1 fully saturated rings.